The highest BCUT2D eigenvalue weighted by molar-refractivity contribution is 7.89. The van der Waals surface area contributed by atoms with E-state index in [1.807, 2.05) is 0 Å². The molecule has 0 heterocycles. The Bertz CT molecular complexity index is 623. The summed E-state index contributed by atoms with van der Waals surface area (Å²) in [5, 5.41) is 0. The summed E-state index contributed by atoms with van der Waals surface area (Å²) < 4.78 is 27.2. The molecule has 21 heavy (non-hydrogen) atoms. The van der Waals surface area contributed by atoms with Crippen molar-refractivity contribution in [2.45, 2.75) is 37.0 Å². The topological polar surface area (TPSA) is 72.2 Å². The lowest BCUT2D eigenvalue weighted by atomic mass is 10.1. The van der Waals surface area contributed by atoms with Gasteiger partial charge in [0.1, 0.15) is 0 Å². The van der Waals surface area contributed by atoms with Crippen LogP contribution in [0, 0.1) is 17.8 Å². The van der Waals surface area contributed by atoms with Crippen LogP contribution in [0.15, 0.2) is 29.2 Å². The molecule has 2 rings (SSSR count). The van der Waals surface area contributed by atoms with E-state index < -0.39 is 10.0 Å². The SMILES string of the molecule is NCC#Cc1cccc(S(=O)(=O)NCCC2CCCC2)c1. The Kier molecular flexibility index (Phi) is 5.80. The first-order valence-electron chi connectivity index (χ1n) is 7.40. The largest absolute Gasteiger partial charge is 0.320 e. The molecule has 0 aromatic heterocycles. The number of benzene rings is 1. The van der Waals surface area contributed by atoms with Gasteiger partial charge >= 0.3 is 0 Å². The van der Waals surface area contributed by atoms with E-state index in [9.17, 15) is 8.42 Å². The number of rotatable bonds is 5. The summed E-state index contributed by atoms with van der Waals surface area (Å²) in [4.78, 5) is 0.262. The zero-order valence-corrected chi connectivity index (χ0v) is 13.0. The van der Waals surface area contributed by atoms with Gasteiger partial charge in [0.05, 0.1) is 11.4 Å². The Labute approximate surface area is 127 Å². The van der Waals surface area contributed by atoms with E-state index in [4.69, 9.17) is 5.73 Å². The Balaban J connectivity index is 1.97. The van der Waals surface area contributed by atoms with Gasteiger partial charge in [0.15, 0.2) is 0 Å². The third-order valence-corrected chi connectivity index (χ3v) is 5.26. The van der Waals surface area contributed by atoms with Crippen LogP contribution in [0.5, 0.6) is 0 Å². The molecule has 0 amide bonds. The summed E-state index contributed by atoms with van der Waals surface area (Å²) in [6, 6.07) is 6.65. The van der Waals surface area contributed by atoms with Crippen molar-refractivity contribution in [3.05, 3.63) is 29.8 Å². The third-order valence-electron chi connectivity index (χ3n) is 3.80. The van der Waals surface area contributed by atoms with E-state index in [0.29, 0.717) is 18.0 Å². The molecule has 1 aromatic rings. The van der Waals surface area contributed by atoms with Crippen molar-refractivity contribution in [2.75, 3.05) is 13.1 Å². The summed E-state index contributed by atoms with van der Waals surface area (Å²) in [5.74, 6) is 6.25. The molecule has 0 saturated heterocycles. The van der Waals surface area contributed by atoms with Crippen LogP contribution in [0.2, 0.25) is 0 Å². The van der Waals surface area contributed by atoms with Crippen molar-refractivity contribution >= 4 is 10.0 Å². The standard InChI is InChI=1S/C16H22N2O2S/c17-11-4-8-15-7-3-9-16(13-15)21(19,20)18-12-10-14-5-1-2-6-14/h3,7,9,13-14,18H,1-2,5-6,10-12,17H2. The molecular formula is C16H22N2O2S. The summed E-state index contributed by atoms with van der Waals surface area (Å²) in [5.41, 5.74) is 5.99. The summed E-state index contributed by atoms with van der Waals surface area (Å²) >= 11 is 0. The fraction of sp³-hybridized carbons (Fsp3) is 0.500. The highest BCUT2D eigenvalue weighted by atomic mass is 32.2. The van der Waals surface area contributed by atoms with Crippen LogP contribution in [-0.2, 0) is 10.0 Å². The molecule has 0 atom stereocenters. The first-order chi connectivity index (χ1) is 10.1. The van der Waals surface area contributed by atoms with Crippen LogP contribution < -0.4 is 10.5 Å². The van der Waals surface area contributed by atoms with Crippen LogP contribution in [0.1, 0.15) is 37.7 Å². The van der Waals surface area contributed by atoms with Gasteiger partial charge in [-0.3, -0.25) is 0 Å². The summed E-state index contributed by atoms with van der Waals surface area (Å²) in [6.07, 6.45) is 5.93. The summed E-state index contributed by atoms with van der Waals surface area (Å²) in [6.45, 7) is 0.766. The monoisotopic (exact) mass is 306 g/mol. The maximum Gasteiger partial charge on any atom is 0.240 e. The average molecular weight is 306 g/mol. The number of hydrogen-bond acceptors (Lipinski definition) is 3. The predicted octanol–water partition coefficient (Wildman–Crippen LogP) is 1.86. The number of nitrogens with two attached hydrogens (primary N) is 1. The lowest BCUT2D eigenvalue weighted by Crippen LogP contribution is -2.26. The van der Waals surface area contributed by atoms with E-state index in [1.165, 1.54) is 25.7 Å². The van der Waals surface area contributed by atoms with Gasteiger partial charge in [0.2, 0.25) is 10.0 Å². The molecule has 0 bridgehead atoms. The molecule has 1 saturated carbocycles. The van der Waals surface area contributed by atoms with Crippen molar-refractivity contribution < 1.29 is 8.42 Å². The maximum atomic E-state index is 12.2. The highest BCUT2D eigenvalue weighted by Gasteiger charge is 2.17. The second kappa shape index (κ2) is 7.60. The van der Waals surface area contributed by atoms with E-state index in [0.717, 1.165) is 6.42 Å². The van der Waals surface area contributed by atoms with E-state index in [-0.39, 0.29) is 11.4 Å². The molecule has 4 nitrogen and oxygen atoms in total. The quantitative estimate of drug-likeness (QED) is 0.816. The van der Waals surface area contributed by atoms with Gasteiger partial charge in [0.25, 0.3) is 0 Å². The predicted molar refractivity (Wildman–Crippen MR) is 84.1 cm³/mol. The van der Waals surface area contributed by atoms with Gasteiger partial charge in [-0.05, 0) is 30.5 Å². The first kappa shape index (κ1) is 16.0. The molecule has 3 N–H and O–H groups in total. The Morgan fingerprint density at radius 1 is 1.29 bits per heavy atom. The van der Waals surface area contributed by atoms with Crippen molar-refractivity contribution in [3.63, 3.8) is 0 Å². The maximum absolute atomic E-state index is 12.2. The molecule has 0 unspecified atom stereocenters. The van der Waals surface area contributed by atoms with Crippen LogP contribution in [-0.4, -0.2) is 21.5 Å². The molecule has 0 radical (unpaired) electrons. The molecule has 1 aliphatic carbocycles. The molecule has 114 valence electrons. The first-order valence-corrected chi connectivity index (χ1v) is 8.89. The minimum Gasteiger partial charge on any atom is -0.320 e. The Hall–Kier alpha value is -1.35. The van der Waals surface area contributed by atoms with Crippen molar-refractivity contribution in [1.82, 2.24) is 4.72 Å². The third kappa shape index (κ3) is 4.85. The van der Waals surface area contributed by atoms with Gasteiger partial charge in [0, 0.05) is 12.1 Å². The molecule has 5 heteroatoms. The smallest absolute Gasteiger partial charge is 0.240 e. The van der Waals surface area contributed by atoms with Crippen LogP contribution in [0.25, 0.3) is 0 Å². The molecule has 0 aliphatic heterocycles. The summed E-state index contributed by atoms with van der Waals surface area (Å²) in [7, 11) is -3.45. The zero-order chi connectivity index (χ0) is 15.1. The normalized spacial score (nSPS) is 15.7. The van der Waals surface area contributed by atoms with Gasteiger partial charge in [-0.2, -0.15) is 0 Å². The molecular weight excluding hydrogens is 284 g/mol. The van der Waals surface area contributed by atoms with Crippen molar-refractivity contribution in [2.24, 2.45) is 11.7 Å². The Morgan fingerprint density at radius 3 is 2.76 bits per heavy atom. The van der Waals surface area contributed by atoms with E-state index in [1.54, 1.807) is 24.3 Å². The number of nitrogens with one attached hydrogen (secondary N) is 1. The molecule has 0 spiro atoms. The minimum absolute atomic E-state index is 0.261. The second-order valence-corrected chi connectivity index (χ2v) is 7.14. The zero-order valence-electron chi connectivity index (χ0n) is 12.1. The van der Waals surface area contributed by atoms with Gasteiger partial charge in [-0.25, -0.2) is 13.1 Å². The minimum atomic E-state index is -3.45. The molecule has 1 fully saturated rings. The van der Waals surface area contributed by atoms with Crippen molar-refractivity contribution in [1.29, 1.82) is 0 Å². The fourth-order valence-electron chi connectivity index (χ4n) is 2.67. The number of sulfonamides is 1. The average Bonchev–Trinajstić information content (AvgIpc) is 2.98. The highest BCUT2D eigenvalue weighted by Crippen LogP contribution is 2.27. The molecule has 1 aromatic carbocycles. The lowest BCUT2D eigenvalue weighted by molar-refractivity contribution is 0.495. The number of hydrogen-bond donors (Lipinski definition) is 2. The van der Waals surface area contributed by atoms with Crippen molar-refractivity contribution in [3.8, 4) is 11.8 Å². The fourth-order valence-corrected chi connectivity index (χ4v) is 3.77. The van der Waals surface area contributed by atoms with E-state index in [2.05, 4.69) is 16.6 Å². The van der Waals surface area contributed by atoms with Gasteiger partial charge < -0.3 is 5.73 Å². The van der Waals surface area contributed by atoms with Crippen LogP contribution in [0.4, 0.5) is 0 Å². The Morgan fingerprint density at radius 2 is 2.05 bits per heavy atom. The van der Waals surface area contributed by atoms with E-state index >= 15 is 0 Å². The van der Waals surface area contributed by atoms with Crippen LogP contribution in [0.3, 0.4) is 0 Å². The lowest BCUT2D eigenvalue weighted by Gasteiger charge is -2.10. The molecule has 1 aliphatic rings. The van der Waals surface area contributed by atoms with Gasteiger partial charge in [-0.15, -0.1) is 0 Å². The second-order valence-electron chi connectivity index (χ2n) is 5.37. The van der Waals surface area contributed by atoms with Gasteiger partial charge in [-0.1, -0.05) is 43.6 Å². The van der Waals surface area contributed by atoms with Crippen LogP contribution >= 0.6 is 0 Å².